The number of aryl methyl sites for hydroxylation is 1. The number of methoxy groups -OCH3 is 2. The number of benzene rings is 12. The van der Waals surface area contributed by atoms with E-state index in [1.165, 1.54) is 24.3 Å². The standard InChI is InChI=1S/C28H26F3N5O2.C28H23F3N4O2.C24H24ClN3O3.C24H23F2N3O3.4CH4/c29-28(30,31)21-8-5-9-22(17-21)35-27(38)34-18-20-7-1-2-10-23(20)24-11-3-4-12-25(24)26(37)33-13-6-15-36-16-14-32-19-36;29-28(30,31)20-12-14-21(15-13-20)35-27(37)34-17-19-7-1-2-9-23(19)24-10-3-4-11-25(24)26(36)33-18-22-8-5-6-16-32-22;1-31-15-14-26-23(29)22-9-5-4-8-21(22)20-7-3-2-6-17(20)16-27-24(30)28-19-12-10-18(25)11-13-19;1-32-13-12-27-23(30)20-9-5-4-8-19(20)18-7-3-2-6-16(18)15-28-24(31)29-22-11-10-17(25)14-21(22)26;;;;/h1-5,7-12,14,16-17,19H,6,13,15,18H2,(H,33,37)(H2,34,35,38);1-16H,17-18H2,(H,33,36)(H2,34,35,37);2-13H,14-16H2,1H3,(H,26,29)(H2,27,28,30);2-11,14H,12-13,15H2,1H3,(H,27,30)(H2,28,29,31);4*1H4. The smallest absolute Gasteiger partial charge is 0.383 e. The van der Waals surface area contributed by atoms with Crippen LogP contribution in [-0.4, -0.2) is 109 Å². The third-order valence-electron chi connectivity index (χ3n) is 20.7. The van der Waals surface area contributed by atoms with Crippen LogP contribution in [-0.2, 0) is 61.1 Å². The molecule has 12 aromatic carbocycles. The van der Waals surface area contributed by atoms with Crippen LogP contribution >= 0.6 is 11.6 Å². The molecule has 14 rings (SSSR count). The molecule has 2 heterocycles. The Morgan fingerprint density at radius 2 is 0.711 bits per heavy atom. The molecule has 0 bridgehead atoms. The topological polar surface area (TPSA) is 330 Å². The number of aromatic nitrogens is 3. The summed E-state index contributed by atoms with van der Waals surface area (Å²) in [7, 11) is 3.15. The van der Waals surface area contributed by atoms with Crippen molar-refractivity contribution in [1.82, 2.24) is 57.1 Å². The Bertz CT molecular complexity index is 6450. The van der Waals surface area contributed by atoms with Crippen LogP contribution in [0.3, 0.4) is 0 Å². The van der Waals surface area contributed by atoms with Gasteiger partial charge >= 0.3 is 36.5 Å². The van der Waals surface area contributed by atoms with Crippen LogP contribution in [0.25, 0.3) is 44.5 Å². The van der Waals surface area contributed by atoms with Crippen molar-refractivity contribution in [3.05, 3.63) is 406 Å². The van der Waals surface area contributed by atoms with Gasteiger partial charge in [0.05, 0.1) is 48.6 Å². The molecule has 0 radical (unpaired) electrons. The summed E-state index contributed by atoms with van der Waals surface area (Å²) in [4.78, 5) is 109. The van der Waals surface area contributed by atoms with E-state index in [1.54, 1.807) is 106 Å². The lowest BCUT2D eigenvalue weighted by Crippen LogP contribution is -2.29. The molecule has 0 aliphatic rings. The van der Waals surface area contributed by atoms with Gasteiger partial charge in [-0.15, -0.1) is 0 Å². The van der Waals surface area contributed by atoms with Gasteiger partial charge in [-0.25, -0.2) is 32.9 Å². The maximum atomic E-state index is 13.8. The molecule has 742 valence electrons. The number of halogens is 9. The minimum absolute atomic E-state index is 0. The van der Waals surface area contributed by atoms with Crippen molar-refractivity contribution in [2.45, 2.75) is 87.7 Å². The van der Waals surface area contributed by atoms with Crippen molar-refractivity contribution < 1.29 is 83.0 Å². The Morgan fingerprint density at radius 1 is 0.345 bits per heavy atom. The lowest BCUT2D eigenvalue weighted by molar-refractivity contribution is -0.138. The molecule has 25 nitrogen and oxygen atoms in total. The second kappa shape index (κ2) is 57.1. The Hall–Kier alpha value is -16.4. The van der Waals surface area contributed by atoms with E-state index in [4.69, 9.17) is 21.1 Å². The number of hydrogen-bond donors (Lipinski definition) is 12. The fourth-order valence-electron chi connectivity index (χ4n) is 13.9. The Kier molecular flexibility index (Phi) is 45.3. The van der Waals surface area contributed by atoms with Gasteiger partial charge in [0, 0.05) is 136 Å². The lowest BCUT2D eigenvalue weighted by Gasteiger charge is -2.15. The Balaban J connectivity index is 0.000000256. The molecule has 34 heteroatoms. The number of ether oxygens (including phenoxy) is 2. The summed E-state index contributed by atoms with van der Waals surface area (Å²) in [5, 5.41) is 33.1. The highest BCUT2D eigenvalue weighted by Crippen LogP contribution is 2.36. The van der Waals surface area contributed by atoms with Gasteiger partial charge in [0.2, 0.25) is 0 Å². The molecule has 0 saturated carbocycles. The molecular formula is C108H112ClF8N15O10. The zero-order chi connectivity index (χ0) is 98.2. The number of amides is 12. The maximum Gasteiger partial charge on any atom is 0.416 e. The number of carbonyl (C=O) groups is 8. The zero-order valence-corrected chi connectivity index (χ0v) is 75.2. The molecule has 0 saturated heterocycles. The van der Waals surface area contributed by atoms with Crippen molar-refractivity contribution in [1.29, 1.82) is 0 Å². The number of alkyl halides is 6. The SMILES string of the molecule is C.C.C.C.COCCNC(=O)c1ccccc1-c1ccccc1CNC(=O)Nc1ccc(Cl)cc1.COCCNC(=O)c1ccccc1-c1ccccc1CNC(=O)Nc1ccc(F)cc1F.O=C(NCc1ccccc1-c1ccccc1C(=O)NCCCn1ccnc1)Nc1cccc(C(F)(F)F)c1.O=C(NCc1ccccc1-c1ccccc1C(=O)NCc1ccccn1)Nc1ccc(C(F)(F)F)cc1. The van der Waals surface area contributed by atoms with Crippen molar-refractivity contribution >= 4 is 82.1 Å². The predicted octanol–water partition coefficient (Wildman–Crippen LogP) is 23.3. The summed E-state index contributed by atoms with van der Waals surface area (Å²) < 4.78 is 116. The van der Waals surface area contributed by atoms with Crippen molar-refractivity contribution in [3.63, 3.8) is 0 Å². The number of pyridine rings is 1. The van der Waals surface area contributed by atoms with E-state index < -0.39 is 53.2 Å². The summed E-state index contributed by atoms with van der Waals surface area (Å²) in [5.74, 6) is -2.47. The number of anilines is 4. The predicted molar refractivity (Wildman–Crippen MR) is 542 cm³/mol. The van der Waals surface area contributed by atoms with Gasteiger partial charge < -0.3 is 77.8 Å². The molecule has 142 heavy (non-hydrogen) atoms. The first-order valence-electron chi connectivity index (χ1n) is 43.1. The summed E-state index contributed by atoms with van der Waals surface area (Å²) in [5.41, 5.74) is 11.1. The van der Waals surface area contributed by atoms with Crippen LogP contribution < -0.4 is 63.8 Å². The van der Waals surface area contributed by atoms with E-state index in [-0.39, 0.29) is 103 Å². The average Bonchev–Trinajstić information content (AvgIpc) is 1.01. The highest BCUT2D eigenvalue weighted by Gasteiger charge is 2.32. The van der Waals surface area contributed by atoms with Gasteiger partial charge in [0.25, 0.3) is 23.6 Å². The number of nitrogens with zero attached hydrogens (tertiary/aromatic N) is 3. The molecule has 12 amide bonds. The summed E-state index contributed by atoms with van der Waals surface area (Å²) in [6.07, 6.45) is -1.26. The second-order valence-electron chi connectivity index (χ2n) is 30.2. The van der Waals surface area contributed by atoms with E-state index >= 15 is 0 Å². The summed E-state index contributed by atoms with van der Waals surface area (Å²) >= 11 is 5.87. The van der Waals surface area contributed by atoms with Crippen LogP contribution in [0.4, 0.5) is 77.1 Å². The minimum Gasteiger partial charge on any atom is -0.383 e. The monoisotopic (exact) mass is 1970 g/mol. The largest absolute Gasteiger partial charge is 0.416 e. The first-order chi connectivity index (χ1) is 66.7. The van der Waals surface area contributed by atoms with Crippen LogP contribution in [0.1, 0.15) is 117 Å². The zero-order valence-electron chi connectivity index (χ0n) is 74.5. The number of nitrogens with one attached hydrogen (secondary N) is 12. The summed E-state index contributed by atoms with van der Waals surface area (Å²) in [6.45, 7) is 3.82. The number of imidazole rings is 1. The van der Waals surface area contributed by atoms with E-state index in [1.807, 2.05) is 175 Å². The van der Waals surface area contributed by atoms with Gasteiger partial charge in [-0.3, -0.25) is 24.2 Å². The molecule has 0 atom stereocenters. The Labute approximate surface area is 824 Å². The minimum atomic E-state index is -4.51. The molecule has 2 aromatic heterocycles. The van der Waals surface area contributed by atoms with E-state index in [9.17, 15) is 73.5 Å². The van der Waals surface area contributed by atoms with E-state index in [0.717, 1.165) is 105 Å². The molecule has 0 fully saturated rings. The maximum absolute atomic E-state index is 13.8. The number of urea groups is 4. The molecular weight excluding hydrogens is 1850 g/mol. The molecule has 0 unspecified atom stereocenters. The van der Waals surface area contributed by atoms with Crippen LogP contribution in [0, 0.1) is 11.6 Å². The highest BCUT2D eigenvalue weighted by molar-refractivity contribution is 6.30. The highest BCUT2D eigenvalue weighted by atomic mass is 35.5. The van der Waals surface area contributed by atoms with Crippen LogP contribution in [0.5, 0.6) is 0 Å². The quantitative estimate of drug-likeness (QED) is 0.0138. The summed E-state index contributed by atoms with van der Waals surface area (Å²) in [6, 6.07) is 80.3. The first kappa shape index (κ1) is 113. The van der Waals surface area contributed by atoms with Gasteiger partial charge in [-0.1, -0.05) is 223 Å². The molecule has 0 aliphatic carbocycles. The molecule has 14 aromatic rings. The number of hydrogen-bond acceptors (Lipinski definition) is 12. The van der Waals surface area contributed by atoms with Crippen molar-refractivity contribution in [2.24, 2.45) is 0 Å². The van der Waals surface area contributed by atoms with Crippen molar-refractivity contribution in [2.75, 3.05) is 68.3 Å². The normalized spacial score (nSPS) is 10.5. The van der Waals surface area contributed by atoms with Crippen LogP contribution in [0.2, 0.25) is 5.02 Å². The van der Waals surface area contributed by atoms with E-state index in [2.05, 4.69) is 73.8 Å². The molecule has 12 N–H and O–H groups in total. The third-order valence-corrected chi connectivity index (χ3v) is 20.9. The molecule has 0 aliphatic heterocycles. The van der Waals surface area contributed by atoms with Gasteiger partial charge in [-0.05, 0) is 188 Å². The fraction of sp³-hybridized carbons (Fsp3) is 0.185. The lowest BCUT2D eigenvalue weighted by atomic mass is 9.95. The first-order valence-corrected chi connectivity index (χ1v) is 43.5. The average molecular weight is 1970 g/mol. The van der Waals surface area contributed by atoms with Crippen LogP contribution in [0.15, 0.2) is 328 Å². The number of carbonyl (C=O) groups excluding carboxylic acids is 8. The van der Waals surface area contributed by atoms with Crippen molar-refractivity contribution in [3.8, 4) is 44.5 Å². The Morgan fingerprint density at radius 3 is 1.09 bits per heavy atom. The van der Waals surface area contributed by atoms with E-state index in [0.29, 0.717) is 95.1 Å². The molecule has 0 spiro atoms. The van der Waals surface area contributed by atoms with Gasteiger partial charge in [-0.2, -0.15) is 26.3 Å². The number of rotatable bonds is 32. The second-order valence-corrected chi connectivity index (χ2v) is 30.7. The third kappa shape index (κ3) is 34.6. The van der Waals surface area contributed by atoms with Gasteiger partial charge in [0.1, 0.15) is 11.6 Å². The fourth-order valence-corrected chi connectivity index (χ4v) is 14.0. The van der Waals surface area contributed by atoms with Gasteiger partial charge in [0.15, 0.2) is 0 Å².